The van der Waals surface area contributed by atoms with Crippen LogP contribution in [0.15, 0.2) is 9.95 Å². The molecule has 0 saturated carbocycles. The van der Waals surface area contributed by atoms with Crippen molar-refractivity contribution in [2.24, 2.45) is 0 Å². The Morgan fingerprint density at radius 2 is 2.36 bits per heavy atom. The third-order valence-corrected chi connectivity index (χ3v) is 2.70. The van der Waals surface area contributed by atoms with Crippen molar-refractivity contribution >= 4 is 17.5 Å². The Kier molecular flexibility index (Phi) is 3.94. The third-order valence-electron chi connectivity index (χ3n) is 1.72. The minimum atomic E-state index is -0.196. The van der Waals surface area contributed by atoms with Crippen LogP contribution in [0.1, 0.15) is 20.3 Å². The number of nitrogens with zero attached hydrogens (tertiary/aromatic N) is 2. The van der Waals surface area contributed by atoms with E-state index in [1.165, 1.54) is 11.8 Å². The van der Waals surface area contributed by atoms with Gasteiger partial charge in [-0.1, -0.05) is 11.8 Å². The van der Waals surface area contributed by atoms with Gasteiger partial charge in [0.15, 0.2) is 5.16 Å². The van der Waals surface area contributed by atoms with Gasteiger partial charge in [0.05, 0.1) is 0 Å². The molecule has 0 bridgehead atoms. The fourth-order valence-electron chi connectivity index (χ4n) is 0.978. The van der Waals surface area contributed by atoms with Gasteiger partial charge in [0.25, 0.3) is 0 Å². The lowest BCUT2D eigenvalue weighted by molar-refractivity contribution is -0.116. The number of H-pyrrole nitrogens is 1. The summed E-state index contributed by atoms with van der Waals surface area (Å²) in [5, 5.41) is 6.89. The van der Waals surface area contributed by atoms with Crippen molar-refractivity contribution in [2.45, 2.75) is 32.0 Å². The van der Waals surface area contributed by atoms with Gasteiger partial charge in [-0.3, -0.25) is 9.36 Å². The summed E-state index contributed by atoms with van der Waals surface area (Å²) in [6, 6.07) is 0. The molecule has 1 aromatic heterocycles. The van der Waals surface area contributed by atoms with E-state index < -0.39 is 0 Å². The number of ketones is 1. The first kappa shape index (κ1) is 11.0. The van der Waals surface area contributed by atoms with Gasteiger partial charge in [-0.15, -0.1) is 5.10 Å². The summed E-state index contributed by atoms with van der Waals surface area (Å²) in [5.74, 6) is 0.818. The van der Waals surface area contributed by atoms with Crippen molar-refractivity contribution in [2.75, 3.05) is 5.75 Å². The third kappa shape index (κ3) is 2.73. The van der Waals surface area contributed by atoms with Crippen LogP contribution >= 0.6 is 11.8 Å². The molecular weight excluding hydrogens is 202 g/mol. The first-order valence-corrected chi connectivity index (χ1v) is 5.41. The van der Waals surface area contributed by atoms with E-state index in [1.807, 2.05) is 6.92 Å². The summed E-state index contributed by atoms with van der Waals surface area (Å²) in [7, 11) is 0. The molecule has 0 unspecified atom stereocenters. The molecule has 0 spiro atoms. The van der Waals surface area contributed by atoms with E-state index in [0.717, 1.165) is 0 Å². The van der Waals surface area contributed by atoms with E-state index in [-0.39, 0.29) is 11.5 Å². The van der Waals surface area contributed by atoms with Gasteiger partial charge in [-0.05, 0) is 13.8 Å². The van der Waals surface area contributed by atoms with E-state index >= 15 is 0 Å². The van der Waals surface area contributed by atoms with Gasteiger partial charge in [0.1, 0.15) is 5.78 Å². The van der Waals surface area contributed by atoms with Gasteiger partial charge in [-0.2, -0.15) is 0 Å². The molecule has 0 aliphatic rings. The maximum atomic E-state index is 11.1. The number of hydrogen-bond acceptors (Lipinski definition) is 4. The summed E-state index contributed by atoms with van der Waals surface area (Å²) >= 11 is 1.42. The van der Waals surface area contributed by atoms with E-state index in [0.29, 0.717) is 23.9 Å². The molecule has 0 fully saturated rings. The molecule has 1 heterocycles. The molecule has 78 valence electrons. The SMILES string of the molecule is CCn1c(SCCC(C)=O)n[nH]c1=O. The standard InChI is InChI=1S/C8H13N3O2S/c1-3-11-7(13)9-10-8(11)14-5-4-6(2)12/h3-5H2,1-2H3,(H,9,13). The lowest BCUT2D eigenvalue weighted by Crippen LogP contribution is -2.16. The highest BCUT2D eigenvalue weighted by atomic mass is 32.2. The number of nitrogens with one attached hydrogen (secondary N) is 1. The quantitative estimate of drug-likeness (QED) is 0.733. The highest BCUT2D eigenvalue weighted by Gasteiger charge is 2.06. The molecule has 0 atom stereocenters. The minimum Gasteiger partial charge on any atom is -0.300 e. The summed E-state index contributed by atoms with van der Waals surface area (Å²) in [6.45, 7) is 4.03. The molecule has 0 saturated heterocycles. The van der Waals surface area contributed by atoms with Crippen LogP contribution in [-0.2, 0) is 11.3 Å². The Morgan fingerprint density at radius 1 is 1.64 bits per heavy atom. The van der Waals surface area contributed by atoms with Gasteiger partial charge in [0.2, 0.25) is 0 Å². The van der Waals surface area contributed by atoms with Crippen LogP contribution in [0.3, 0.4) is 0 Å². The second kappa shape index (κ2) is 4.99. The molecule has 6 heteroatoms. The van der Waals surface area contributed by atoms with Crippen molar-refractivity contribution < 1.29 is 4.79 Å². The average molecular weight is 215 g/mol. The summed E-state index contributed by atoms with van der Waals surface area (Å²) in [6.07, 6.45) is 0.509. The first-order valence-electron chi connectivity index (χ1n) is 4.42. The molecule has 1 N–H and O–H groups in total. The zero-order valence-electron chi connectivity index (χ0n) is 8.24. The fraction of sp³-hybridized carbons (Fsp3) is 0.625. The fourth-order valence-corrected chi connectivity index (χ4v) is 2.03. The Morgan fingerprint density at radius 3 is 2.93 bits per heavy atom. The molecule has 1 aromatic rings. The van der Waals surface area contributed by atoms with Crippen LogP contribution in [0.4, 0.5) is 0 Å². The molecule has 14 heavy (non-hydrogen) atoms. The number of thioether (sulfide) groups is 1. The second-order valence-electron chi connectivity index (χ2n) is 2.86. The van der Waals surface area contributed by atoms with Crippen molar-refractivity contribution in [3.8, 4) is 0 Å². The molecule has 0 aliphatic heterocycles. The highest BCUT2D eigenvalue weighted by molar-refractivity contribution is 7.99. The molecule has 5 nitrogen and oxygen atoms in total. The predicted molar refractivity (Wildman–Crippen MR) is 54.5 cm³/mol. The zero-order valence-corrected chi connectivity index (χ0v) is 9.06. The average Bonchev–Trinajstić information content (AvgIpc) is 2.46. The summed E-state index contributed by atoms with van der Waals surface area (Å²) in [4.78, 5) is 21.8. The second-order valence-corrected chi connectivity index (χ2v) is 3.92. The van der Waals surface area contributed by atoms with Gasteiger partial charge >= 0.3 is 5.69 Å². The van der Waals surface area contributed by atoms with Gasteiger partial charge < -0.3 is 0 Å². The van der Waals surface area contributed by atoms with E-state index in [1.54, 1.807) is 11.5 Å². The largest absolute Gasteiger partial charge is 0.343 e. The smallest absolute Gasteiger partial charge is 0.300 e. The van der Waals surface area contributed by atoms with Gasteiger partial charge in [0, 0.05) is 18.7 Å². The lowest BCUT2D eigenvalue weighted by Gasteiger charge is -1.99. The predicted octanol–water partition coefficient (Wildman–Crippen LogP) is 0.662. The Labute approximate surface area is 85.9 Å². The van der Waals surface area contributed by atoms with E-state index in [2.05, 4.69) is 10.2 Å². The number of hydrogen-bond donors (Lipinski definition) is 1. The Balaban J connectivity index is 2.58. The van der Waals surface area contributed by atoms with Crippen LogP contribution in [0.5, 0.6) is 0 Å². The molecule has 1 rings (SSSR count). The number of aromatic amines is 1. The first-order chi connectivity index (χ1) is 6.65. The molecule has 0 radical (unpaired) electrons. The zero-order chi connectivity index (χ0) is 10.6. The molecule has 0 aliphatic carbocycles. The Bertz CT molecular complexity index is 369. The lowest BCUT2D eigenvalue weighted by atomic mass is 10.4. The Hall–Kier alpha value is -1.04. The highest BCUT2D eigenvalue weighted by Crippen LogP contribution is 2.13. The van der Waals surface area contributed by atoms with Crippen LogP contribution in [-0.4, -0.2) is 26.3 Å². The van der Waals surface area contributed by atoms with Crippen molar-refractivity contribution in [1.82, 2.24) is 14.8 Å². The minimum absolute atomic E-state index is 0.151. The van der Waals surface area contributed by atoms with Crippen molar-refractivity contribution in [3.05, 3.63) is 10.5 Å². The number of carbonyl (C=O) groups excluding carboxylic acids is 1. The number of rotatable bonds is 5. The number of Topliss-reactive ketones (excluding diaryl/α,β-unsaturated/α-hetero) is 1. The topological polar surface area (TPSA) is 67.8 Å². The summed E-state index contributed by atoms with van der Waals surface area (Å²) in [5.41, 5.74) is -0.196. The molecule has 0 aromatic carbocycles. The van der Waals surface area contributed by atoms with Gasteiger partial charge in [-0.25, -0.2) is 9.89 Å². The maximum absolute atomic E-state index is 11.1. The van der Waals surface area contributed by atoms with Crippen molar-refractivity contribution in [1.29, 1.82) is 0 Å². The molecule has 0 amide bonds. The number of carbonyl (C=O) groups is 1. The van der Waals surface area contributed by atoms with Crippen LogP contribution in [0.25, 0.3) is 0 Å². The van der Waals surface area contributed by atoms with E-state index in [9.17, 15) is 9.59 Å². The summed E-state index contributed by atoms with van der Waals surface area (Å²) < 4.78 is 1.55. The normalized spacial score (nSPS) is 10.4. The van der Waals surface area contributed by atoms with Crippen molar-refractivity contribution in [3.63, 3.8) is 0 Å². The maximum Gasteiger partial charge on any atom is 0.343 e. The van der Waals surface area contributed by atoms with Crippen LogP contribution in [0.2, 0.25) is 0 Å². The monoisotopic (exact) mass is 215 g/mol. The molecular formula is C8H13N3O2S. The number of aromatic nitrogens is 3. The van der Waals surface area contributed by atoms with E-state index in [4.69, 9.17) is 0 Å². The van der Waals surface area contributed by atoms with Crippen LogP contribution < -0.4 is 5.69 Å². The van der Waals surface area contributed by atoms with Crippen LogP contribution in [0, 0.1) is 0 Å².